The highest BCUT2D eigenvalue weighted by molar-refractivity contribution is 5.88. The lowest BCUT2D eigenvalue weighted by Crippen LogP contribution is -2.64. The summed E-state index contributed by atoms with van der Waals surface area (Å²) in [5.41, 5.74) is 3.08. The fourth-order valence-corrected chi connectivity index (χ4v) is 11.8. The minimum absolute atomic E-state index is 0.0298. The molecule has 0 aromatic heterocycles. The normalized spacial score (nSPS) is 38.2. The van der Waals surface area contributed by atoms with Gasteiger partial charge >= 0.3 is 5.97 Å². The predicted octanol–water partition coefficient (Wildman–Crippen LogP) is 0.910. The second-order valence-corrected chi connectivity index (χ2v) is 27.2. The number of aliphatic hydroxyl groups is 16. The van der Waals surface area contributed by atoms with Crippen LogP contribution in [-0.2, 0) is 56.9 Å². The van der Waals surface area contributed by atoms with Crippen molar-refractivity contribution in [2.75, 3.05) is 26.4 Å². The van der Waals surface area contributed by atoms with Gasteiger partial charge in [0.15, 0.2) is 37.6 Å². The Morgan fingerprint density at radius 1 is 0.459 bits per heavy atom. The molecular formula is C70H114O28. The second kappa shape index (κ2) is 39.8. The highest BCUT2D eigenvalue weighted by atomic mass is 16.8. The van der Waals surface area contributed by atoms with Crippen molar-refractivity contribution in [2.24, 2.45) is 0 Å². The summed E-state index contributed by atoms with van der Waals surface area (Å²) in [5, 5.41) is 170. The predicted molar refractivity (Wildman–Crippen MR) is 352 cm³/mol. The van der Waals surface area contributed by atoms with Gasteiger partial charge in [-0.2, -0.15) is 0 Å². The van der Waals surface area contributed by atoms with E-state index < -0.39 is 197 Å². The van der Waals surface area contributed by atoms with Crippen molar-refractivity contribution >= 4 is 5.97 Å². The zero-order valence-electron chi connectivity index (χ0n) is 58.2. The molecule has 0 aromatic rings. The van der Waals surface area contributed by atoms with E-state index in [0.717, 1.165) is 41.6 Å². The number of carbonyl (C=O) groups is 1. The molecule has 5 aliphatic heterocycles. The van der Waals surface area contributed by atoms with Gasteiger partial charge < -0.3 is 134 Å². The van der Waals surface area contributed by atoms with Gasteiger partial charge in [0.25, 0.3) is 0 Å². The summed E-state index contributed by atoms with van der Waals surface area (Å²) < 4.78 is 63.6. The summed E-state index contributed by atoms with van der Waals surface area (Å²) in [6, 6.07) is 0. The van der Waals surface area contributed by atoms with Crippen LogP contribution in [0.5, 0.6) is 0 Å². The van der Waals surface area contributed by atoms with Crippen molar-refractivity contribution in [1.29, 1.82) is 0 Å². The van der Waals surface area contributed by atoms with Crippen molar-refractivity contribution in [1.82, 2.24) is 0 Å². The third-order valence-electron chi connectivity index (χ3n) is 18.7. The quantitative estimate of drug-likeness (QED) is 0.0235. The molecule has 5 fully saturated rings. The van der Waals surface area contributed by atoms with Crippen molar-refractivity contribution in [3.05, 3.63) is 95.2 Å². The molecular weight excluding hydrogens is 1290 g/mol. The summed E-state index contributed by atoms with van der Waals surface area (Å²) in [5.74, 6) is -0.969. The highest BCUT2D eigenvalue weighted by Crippen LogP contribution is 2.35. The highest BCUT2D eigenvalue weighted by Gasteiger charge is 2.53. The number of ether oxygens (including phenoxy) is 11. The summed E-state index contributed by atoms with van der Waals surface area (Å²) in [7, 11) is 0. The second-order valence-electron chi connectivity index (χ2n) is 27.2. The molecule has 16 N–H and O–H groups in total. The Morgan fingerprint density at radius 3 is 1.31 bits per heavy atom. The maximum atomic E-state index is 13.4. The van der Waals surface area contributed by atoms with Crippen molar-refractivity contribution in [3.63, 3.8) is 0 Å². The van der Waals surface area contributed by atoms with Gasteiger partial charge in [0.1, 0.15) is 104 Å². The number of hydrogen-bond acceptors (Lipinski definition) is 28. The first-order valence-electron chi connectivity index (χ1n) is 33.8. The number of carbonyl (C=O) groups excluding carboxylic acids is 1. The Balaban J connectivity index is 1.05. The Kier molecular flexibility index (Phi) is 34.6. The topological polar surface area (TPSA) is 442 Å². The van der Waals surface area contributed by atoms with Crippen LogP contribution in [0.3, 0.4) is 0 Å². The van der Waals surface area contributed by atoms with Crippen molar-refractivity contribution in [2.45, 2.75) is 311 Å². The van der Waals surface area contributed by atoms with E-state index in [1.54, 1.807) is 26.0 Å². The zero-order valence-corrected chi connectivity index (χ0v) is 58.2. The van der Waals surface area contributed by atoms with Gasteiger partial charge in [-0.25, -0.2) is 4.79 Å². The molecule has 0 aliphatic carbocycles. The van der Waals surface area contributed by atoms with E-state index in [-0.39, 0.29) is 18.6 Å². The lowest BCUT2D eigenvalue weighted by atomic mass is 9.96. The number of esters is 1. The lowest BCUT2D eigenvalue weighted by molar-refractivity contribution is -0.362. The standard InChI is InChI=1S/C70H114O28/c1-13-69(11,97-67-57(83)53(79)50(76)45(32-71)92-67)28-18-26-37(4)21-15-20-36(3)23-17-25-40(7)34-88-64-60(86)62(49(75)43(10)90-64)96-66-56(82)55(81)52(78)47(94-66)35-89-65-59(85)61(48(74)42(9)91-65)95-63(87)41(8)31-44(73)30-39(6)24-16-22-38(5)27-19-29-70(12,14-2)98-68-58(84)54(80)51(77)46(33-72)93-68/h13-14,20,24-27,31,42-62,64-68,71-86H,1-2,15-19,21-23,28-30,32-35H2,3-12H3/b36-20+,37-26+,38-27+,39-24+,40-25-,41-31+. The van der Waals surface area contributed by atoms with Gasteiger partial charge in [-0.1, -0.05) is 70.4 Å². The Labute approximate surface area is 574 Å². The molecule has 562 valence electrons. The van der Waals surface area contributed by atoms with E-state index >= 15 is 0 Å². The number of allylic oxidation sites excluding steroid dienone is 8. The van der Waals surface area contributed by atoms with Crippen LogP contribution in [0.25, 0.3) is 0 Å². The number of hydrogen-bond donors (Lipinski definition) is 16. The molecule has 5 rings (SSSR count). The van der Waals surface area contributed by atoms with E-state index in [9.17, 15) is 86.5 Å². The maximum absolute atomic E-state index is 13.4. The largest absolute Gasteiger partial charge is 0.453 e. The molecule has 28 atom stereocenters. The third-order valence-corrected chi connectivity index (χ3v) is 18.7. The van der Waals surface area contributed by atoms with Crippen LogP contribution >= 0.6 is 0 Å². The molecule has 5 heterocycles. The monoisotopic (exact) mass is 1400 g/mol. The van der Waals surface area contributed by atoms with Gasteiger partial charge in [-0.05, 0) is 146 Å². The van der Waals surface area contributed by atoms with Gasteiger partial charge in [-0.3, -0.25) is 0 Å². The molecule has 0 radical (unpaired) electrons. The minimum atomic E-state index is -1.91. The SMILES string of the molecule is C=CC(C)(CC/C=C(\C)CC/C=C(\C)CC/C=C(/C)COC1OC(C)C(O)C(OC2OC(COC3OC(C)C(O)C(OC(=O)/C(C)=C/C(O)C/C(C)=C/CC/C(C)=C/CCC(C)(C=C)OC4OC(CO)C(O)C(O)C4O)C3O)C(O)C(O)C2O)C1O)OC1OC(CO)C(O)C(O)C1O. The lowest BCUT2D eigenvalue weighted by Gasteiger charge is -2.46. The fraction of sp³-hybridized carbons (Fsp3) is 0.757. The summed E-state index contributed by atoms with van der Waals surface area (Å²) in [6.07, 6.45) is -17.4. The maximum Gasteiger partial charge on any atom is 0.333 e. The van der Waals surface area contributed by atoms with E-state index in [4.69, 9.17) is 52.1 Å². The van der Waals surface area contributed by atoms with Gasteiger partial charge in [0.2, 0.25) is 0 Å². The van der Waals surface area contributed by atoms with Gasteiger partial charge in [0.05, 0.1) is 55.9 Å². The van der Waals surface area contributed by atoms with Crippen LogP contribution in [0, 0.1) is 0 Å². The first-order valence-corrected chi connectivity index (χ1v) is 33.8. The average molecular weight is 1400 g/mol. The van der Waals surface area contributed by atoms with E-state index in [2.05, 4.69) is 25.3 Å². The van der Waals surface area contributed by atoms with Crippen LogP contribution in [-0.4, -0.2) is 285 Å². The fourth-order valence-electron chi connectivity index (χ4n) is 11.8. The van der Waals surface area contributed by atoms with E-state index in [1.165, 1.54) is 32.4 Å². The van der Waals surface area contributed by atoms with Crippen LogP contribution in [0.2, 0.25) is 0 Å². The Bertz CT molecular complexity index is 2660. The van der Waals surface area contributed by atoms with E-state index in [0.29, 0.717) is 44.9 Å². The molecule has 0 amide bonds. The van der Waals surface area contributed by atoms with Gasteiger partial charge in [-0.15, -0.1) is 13.2 Å². The molecule has 5 aliphatic rings. The molecule has 0 bridgehead atoms. The summed E-state index contributed by atoms with van der Waals surface area (Å²) in [6.45, 7) is 23.5. The zero-order chi connectivity index (χ0) is 73.1. The molecule has 0 spiro atoms. The van der Waals surface area contributed by atoms with E-state index in [1.807, 2.05) is 52.8 Å². The Morgan fingerprint density at radius 2 is 0.847 bits per heavy atom. The van der Waals surface area contributed by atoms with Crippen molar-refractivity contribution < 1.29 is 139 Å². The molecule has 0 aromatic carbocycles. The summed E-state index contributed by atoms with van der Waals surface area (Å²) >= 11 is 0. The first-order chi connectivity index (χ1) is 46.1. The molecule has 0 saturated carbocycles. The Hall–Kier alpha value is -3.65. The molecule has 28 nitrogen and oxygen atoms in total. The first kappa shape index (κ1) is 85.0. The number of aliphatic hydroxyl groups excluding tert-OH is 16. The summed E-state index contributed by atoms with van der Waals surface area (Å²) in [4.78, 5) is 13.4. The van der Waals surface area contributed by atoms with Crippen LogP contribution in [0.4, 0.5) is 0 Å². The molecule has 28 heteroatoms. The third kappa shape index (κ3) is 24.2. The molecule has 98 heavy (non-hydrogen) atoms. The van der Waals surface area contributed by atoms with Crippen LogP contribution in [0.15, 0.2) is 95.2 Å². The van der Waals surface area contributed by atoms with Crippen LogP contribution in [0.1, 0.15) is 140 Å². The molecule has 28 unspecified atom stereocenters. The van der Waals surface area contributed by atoms with Crippen LogP contribution < -0.4 is 0 Å². The smallest absolute Gasteiger partial charge is 0.333 e. The molecule has 5 saturated heterocycles. The van der Waals surface area contributed by atoms with Gasteiger partial charge in [0, 0.05) is 5.57 Å². The minimum Gasteiger partial charge on any atom is -0.453 e. The average Bonchev–Trinajstić information content (AvgIpc) is 0.803. The van der Waals surface area contributed by atoms with Crippen molar-refractivity contribution in [3.8, 4) is 0 Å². The number of rotatable bonds is 36.